The molecule has 0 N–H and O–H groups in total. The van der Waals surface area contributed by atoms with E-state index < -0.39 is 16.1 Å². The summed E-state index contributed by atoms with van der Waals surface area (Å²) in [6.45, 7) is 10.7. The summed E-state index contributed by atoms with van der Waals surface area (Å²) in [5.41, 5.74) is 1.79. The lowest BCUT2D eigenvalue weighted by molar-refractivity contribution is 0.309. The van der Waals surface area contributed by atoms with Gasteiger partial charge in [0.2, 0.25) is 10.0 Å². The Kier molecular flexibility index (Phi) is 8.28. The summed E-state index contributed by atoms with van der Waals surface area (Å²) in [5, 5.41) is 0.458. The van der Waals surface area contributed by atoms with Crippen LogP contribution in [0.1, 0.15) is 64.9 Å². The first-order valence-corrected chi connectivity index (χ1v) is 14.7. The molecule has 4 rings (SSSR count). The standard InChI is InChI=1S/C31H37N3O4S/c1-7-8-21-38-25-17-15-24(16-18-25)34-29(32-28-12-10-9-11-27(28)30(34)35)22(2)33(6)39(36,37)26-19-13-23(14-20-26)31(3,4)5/h9-20,22H,7-8,21H2,1-6H3. The number of para-hydroxylation sites is 1. The molecule has 4 aromatic rings. The Labute approximate surface area is 231 Å². The molecule has 0 saturated carbocycles. The number of sulfonamides is 1. The molecular formula is C31H37N3O4S. The third kappa shape index (κ3) is 5.92. The second-order valence-corrected chi connectivity index (χ2v) is 12.8. The maximum absolute atomic E-state index is 13.7. The molecule has 0 radical (unpaired) electrons. The number of rotatable bonds is 9. The largest absolute Gasteiger partial charge is 0.494 e. The van der Waals surface area contributed by atoms with Gasteiger partial charge in [-0.3, -0.25) is 9.36 Å². The van der Waals surface area contributed by atoms with Crippen molar-refractivity contribution >= 4 is 20.9 Å². The van der Waals surface area contributed by atoms with E-state index in [1.807, 2.05) is 30.3 Å². The Hall–Kier alpha value is -3.49. The molecule has 0 aliphatic rings. The van der Waals surface area contributed by atoms with Crippen molar-refractivity contribution in [2.24, 2.45) is 0 Å². The van der Waals surface area contributed by atoms with Gasteiger partial charge in [-0.1, -0.05) is 58.4 Å². The molecule has 0 fully saturated rings. The van der Waals surface area contributed by atoms with Gasteiger partial charge in [0.1, 0.15) is 11.6 Å². The van der Waals surface area contributed by atoms with E-state index >= 15 is 0 Å². The molecule has 8 heteroatoms. The Bertz CT molecular complexity index is 1600. The van der Waals surface area contributed by atoms with Crippen molar-refractivity contribution in [1.29, 1.82) is 0 Å². The summed E-state index contributed by atoms with van der Waals surface area (Å²) in [5.74, 6) is 1.04. The van der Waals surface area contributed by atoms with Crippen molar-refractivity contribution in [2.75, 3.05) is 13.7 Å². The van der Waals surface area contributed by atoms with Crippen LogP contribution in [0.25, 0.3) is 16.6 Å². The first-order valence-electron chi connectivity index (χ1n) is 13.3. The number of aromatic nitrogens is 2. The van der Waals surface area contributed by atoms with Crippen molar-refractivity contribution in [1.82, 2.24) is 13.9 Å². The predicted molar refractivity (Wildman–Crippen MR) is 156 cm³/mol. The zero-order valence-corrected chi connectivity index (χ0v) is 24.3. The van der Waals surface area contributed by atoms with Gasteiger partial charge in [-0.25, -0.2) is 13.4 Å². The van der Waals surface area contributed by atoms with Crippen molar-refractivity contribution < 1.29 is 13.2 Å². The van der Waals surface area contributed by atoms with Gasteiger partial charge in [-0.2, -0.15) is 4.31 Å². The molecule has 7 nitrogen and oxygen atoms in total. The van der Waals surface area contributed by atoms with E-state index in [0.717, 1.165) is 18.4 Å². The first-order chi connectivity index (χ1) is 18.4. The van der Waals surface area contributed by atoms with Crippen molar-refractivity contribution in [3.8, 4) is 11.4 Å². The third-order valence-corrected chi connectivity index (χ3v) is 8.92. The van der Waals surface area contributed by atoms with Crippen molar-refractivity contribution in [3.63, 3.8) is 0 Å². The first kappa shape index (κ1) is 28.5. The molecule has 1 heterocycles. The van der Waals surface area contributed by atoms with Gasteiger partial charge >= 0.3 is 0 Å². The molecule has 206 valence electrons. The van der Waals surface area contributed by atoms with Crippen LogP contribution in [-0.4, -0.2) is 35.9 Å². The van der Waals surface area contributed by atoms with E-state index in [2.05, 4.69) is 27.7 Å². The highest BCUT2D eigenvalue weighted by molar-refractivity contribution is 7.89. The maximum Gasteiger partial charge on any atom is 0.266 e. The summed E-state index contributed by atoms with van der Waals surface area (Å²) in [7, 11) is -2.35. The minimum absolute atomic E-state index is 0.0941. The van der Waals surface area contributed by atoms with Gasteiger partial charge in [0, 0.05) is 7.05 Å². The normalized spacial score (nSPS) is 13.1. The van der Waals surface area contributed by atoms with Crippen LogP contribution in [0.2, 0.25) is 0 Å². The number of ether oxygens (including phenoxy) is 1. The minimum Gasteiger partial charge on any atom is -0.494 e. The van der Waals surface area contributed by atoms with Crippen LogP contribution in [0.3, 0.4) is 0 Å². The SMILES string of the molecule is CCCCOc1ccc(-n2c(C(C)N(C)S(=O)(=O)c3ccc(C(C)(C)C)cc3)nc3ccccc3c2=O)cc1. The van der Waals surface area contributed by atoms with Gasteiger partial charge in [0.15, 0.2) is 0 Å². The highest BCUT2D eigenvalue weighted by Crippen LogP contribution is 2.29. The Morgan fingerprint density at radius 3 is 2.23 bits per heavy atom. The van der Waals surface area contributed by atoms with Crippen molar-refractivity contribution in [3.05, 3.63) is 94.5 Å². The fourth-order valence-electron chi connectivity index (χ4n) is 4.37. The predicted octanol–water partition coefficient (Wildman–Crippen LogP) is 6.24. The lowest BCUT2D eigenvalue weighted by Gasteiger charge is -2.27. The molecule has 0 spiro atoms. The van der Waals surface area contributed by atoms with Gasteiger partial charge in [0.05, 0.1) is 34.1 Å². The van der Waals surface area contributed by atoms with E-state index in [-0.39, 0.29) is 15.9 Å². The number of nitrogens with zero attached hydrogens (tertiary/aromatic N) is 3. The highest BCUT2D eigenvalue weighted by atomic mass is 32.2. The van der Waals surface area contributed by atoms with Crippen molar-refractivity contribution in [2.45, 2.75) is 63.8 Å². The minimum atomic E-state index is -3.88. The topological polar surface area (TPSA) is 81.5 Å². The fourth-order valence-corrected chi connectivity index (χ4v) is 5.69. The van der Waals surface area contributed by atoms with E-state index in [4.69, 9.17) is 9.72 Å². The van der Waals surface area contributed by atoms with E-state index in [1.165, 1.54) is 15.9 Å². The average Bonchev–Trinajstić information content (AvgIpc) is 2.92. The second kappa shape index (κ2) is 11.3. The Morgan fingerprint density at radius 1 is 0.974 bits per heavy atom. The summed E-state index contributed by atoms with van der Waals surface area (Å²) in [6.07, 6.45) is 1.99. The van der Waals surface area contributed by atoms with Crippen LogP contribution < -0.4 is 10.3 Å². The van der Waals surface area contributed by atoms with E-state index in [1.54, 1.807) is 49.4 Å². The smallest absolute Gasteiger partial charge is 0.266 e. The second-order valence-electron chi connectivity index (χ2n) is 10.8. The summed E-state index contributed by atoms with van der Waals surface area (Å²) in [6, 6.07) is 20.6. The number of unbranched alkanes of at least 4 members (excludes halogenated alkanes) is 1. The number of fused-ring (bicyclic) bond motifs is 1. The summed E-state index contributed by atoms with van der Waals surface area (Å²) in [4.78, 5) is 18.7. The summed E-state index contributed by atoms with van der Waals surface area (Å²) >= 11 is 0. The molecule has 0 aliphatic carbocycles. The zero-order chi connectivity index (χ0) is 28.4. The van der Waals surface area contributed by atoms with Crippen LogP contribution in [0.4, 0.5) is 0 Å². The lowest BCUT2D eigenvalue weighted by atomic mass is 9.87. The zero-order valence-electron chi connectivity index (χ0n) is 23.5. The van der Waals surface area contributed by atoms with E-state index in [0.29, 0.717) is 34.8 Å². The molecule has 1 atom stereocenters. The Morgan fingerprint density at radius 2 is 1.62 bits per heavy atom. The monoisotopic (exact) mass is 547 g/mol. The van der Waals surface area contributed by atoms with Crippen LogP contribution in [-0.2, 0) is 15.4 Å². The average molecular weight is 548 g/mol. The molecule has 0 bridgehead atoms. The maximum atomic E-state index is 13.7. The number of hydrogen-bond donors (Lipinski definition) is 0. The lowest BCUT2D eigenvalue weighted by Crippen LogP contribution is -2.35. The molecule has 0 saturated heterocycles. The number of hydrogen-bond acceptors (Lipinski definition) is 5. The van der Waals surface area contributed by atoms with Gasteiger partial charge < -0.3 is 4.74 Å². The Balaban J connectivity index is 1.77. The quantitative estimate of drug-likeness (QED) is 0.232. The molecule has 0 aliphatic heterocycles. The number of benzene rings is 3. The van der Waals surface area contributed by atoms with E-state index in [9.17, 15) is 13.2 Å². The highest BCUT2D eigenvalue weighted by Gasteiger charge is 2.30. The van der Waals surface area contributed by atoms with Gasteiger partial charge in [0.25, 0.3) is 5.56 Å². The molecule has 3 aromatic carbocycles. The van der Waals surface area contributed by atoms with Crippen LogP contribution in [0.5, 0.6) is 5.75 Å². The molecule has 1 unspecified atom stereocenters. The fraction of sp³-hybridized carbons (Fsp3) is 0.355. The van der Waals surface area contributed by atoms with Gasteiger partial charge in [-0.15, -0.1) is 0 Å². The van der Waals surface area contributed by atoms with Crippen LogP contribution in [0, 0.1) is 0 Å². The molecule has 39 heavy (non-hydrogen) atoms. The van der Waals surface area contributed by atoms with Crippen LogP contribution >= 0.6 is 0 Å². The third-order valence-electron chi connectivity index (χ3n) is 6.98. The van der Waals surface area contributed by atoms with Gasteiger partial charge in [-0.05, 0) is 72.9 Å². The molecule has 1 aromatic heterocycles. The van der Waals surface area contributed by atoms with Crippen LogP contribution in [0.15, 0.2) is 82.5 Å². The molecule has 0 amide bonds. The molecular weight excluding hydrogens is 510 g/mol. The summed E-state index contributed by atoms with van der Waals surface area (Å²) < 4.78 is 35.9.